The lowest BCUT2D eigenvalue weighted by molar-refractivity contribution is -0.145. The topological polar surface area (TPSA) is 82.1 Å². The average Bonchev–Trinajstić information content (AvgIpc) is 3.23. The van der Waals surface area contributed by atoms with Crippen LogP contribution in [0.15, 0.2) is 54.6 Å². The van der Waals surface area contributed by atoms with E-state index in [0.29, 0.717) is 33.6 Å². The van der Waals surface area contributed by atoms with Crippen LogP contribution >= 0.6 is 0 Å². The first kappa shape index (κ1) is 17.2. The zero-order valence-electron chi connectivity index (χ0n) is 15.2. The summed E-state index contributed by atoms with van der Waals surface area (Å²) in [6.07, 6.45) is 0. The molecule has 0 fully saturated rings. The van der Waals surface area contributed by atoms with E-state index in [1.165, 1.54) is 0 Å². The predicted molar refractivity (Wildman–Crippen MR) is 102 cm³/mol. The summed E-state index contributed by atoms with van der Waals surface area (Å²) in [4.78, 5) is 39.0. The van der Waals surface area contributed by atoms with Crippen molar-refractivity contribution >= 4 is 28.6 Å². The Labute approximate surface area is 165 Å². The first-order valence-electron chi connectivity index (χ1n) is 9.04. The Balaban J connectivity index is 1.35. The Morgan fingerprint density at radius 1 is 0.931 bits per heavy atom. The summed E-state index contributed by atoms with van der Waals surface area (Å²) in [5, 5.41) is 1.43. The van der Waals surface area contributed by atoms with Gasteiger partial charge in [0.25, 0.3) is 11.8 Å². The molecule has 7 nitrogen and oxygen atoms in total. The smallest absolute Gasteiger partial charge is 0.326 e. The van der Waals surface area contributed by atoms with E-state index in [2.05, 4.69) is 0 Å². The van der Waals surface area contributed by atoms with Gasteiger partial charge >= 0.3 is 5.97 Å². The van der Waals surface area contributed by atoms with Gasteiger partial charge in [-0.25, -0.2) is 0 Å². The molecule has 0 unspecified atom stereocenters. The van der Waals surface area contributed by atoms with Crippen LogP contribution < -0.4 is 9.47 Å². The molecule has 3 aromatic rings. The van der Waals surface area contributed by atoms with Crippen LogP contribution in [0.5, 0.6) is 11.5 Å². The fraction of sp³-hybridized carbons (Fsp3) is 0.136. The molecule has 3 aromatic carbocycles. The molecule has 0 saturated carbocycles. The number of fused-ring (bicyclic) bond motifs is 1. The third kappa shape index (κ3) is 2.79. The minimum absolute atomic E-state index is 0.0479. The van der Waals surface area contributed by atoms with Gasteiger partial charge < -0.3 is 14.2 Å². The second kappa shape index (κ2) is 6.63. The van der Waals surface area contributed by atoms with Crippen molar-refractivity contribution in [3.05, 3.63) is 71.3 Å². The van der Waals surface area contributed by atoms with Gasteiger partial charge in [0.05, 0.1) is 0 Å². The molecule has 0 saturated heterocycles. The van der Waals surface area contributed by atoms with Gasteiger partial charge in [-0.2, -0.15) is 0 Å². The first-order valence-corrected chi connectivity index (χ1v) is 9.04. The van der Waals surface area contributed by atoms with Gasteiger partial charge in [-0.3, -0.25) is 19.3 Å². The molecule has 0 bridgehead atoms. The summed E-state index contributed by atoms with van der Waals surface area (Å²) in [5.74, 6) is -0.576. The molecule has 0 spiro atoms. The number of hydrogen-bond donors (Lipinski definition) is 0. The molecule has 7 heteroatoms. The molecule has 29 heavy (non-hydrogen) atoms. The zero-order chi connectivity index (χ0) is 20.0. The van der Waals surface area contributed by atoms with Gasteiger partial charge in [0.1, 0.15) is 13.2 Å². The fourth-order valence-electron chi connectivity index (χ4n) is 3.66. The summed E-state index contributed by atoms with van der Waals surface area (Å²) in [6.45, 7) is -0.398. The highest BCUT2D eigenvalue weighted by Crippen LogP contribution is 2.35. The van der Waals surface area contributed by atoms with Crippen molar-refractivity contribution in [2.45, 2.75) is 6.61 Å². The quantitative estimate of drug-likeness (QED) is 0.504. The Morgan fingerprint density at radius 2 is 1.62 bits per heavy atom. The third-order valence-electron chi connectivity index (χ3n) is 5.01. The van der Waals surface area contributed by atoms with Gasteiger partial charge in [-0.1, -0.05) is 36.4 Å². The predicted octanol–water partition coefficient (Wildman–Crippen LogP) is 2.91. The van der Waals surface area contributed by atoms with E-state index in [9.17, 15) is 14.4 Å². The maximum absolute atomic E-state index is 12.8. The van der Waals surface area contributed by atoms with Crippen LogP contribution in [-0.4, -0.2) is 36.0 Å². The molecule has 144 valence electrons. The summed E-state index contributed by atoms with van der Waals surface area (Å²) in [5.41, 5.74) is 1.45. The van der Waals surface area contributed by atoms with Gasteiger partial charge in [-0.15, -0.1) is 0 Å². The minimum Gasteiger partial charge on any atom is -0.459 e. The van der Waals surface area contributed by atoms with Crippen molar-refractivity contribution in [1.82, 2.24) is 4.90 Å². The van der Waals surface area contributed by atoms with Crippen LogP contribution in [-0.2, 0) is 16.1 Å². The summed E-state index contributed by atoms with van der Waals surface area (Å²) in [7, 11) is 0. The fourth-order valence-corrected chi connectivity index (χ4v) is 3.66. The molecule has 2 heterocycles. The largest absolute Gasteiger partial charge is 0.459 e. The molecular formula is C22H15NO6. The molecule has 0 aliphatic carbocycles. The van der Waals surface area contributed by atoms with Crippen molar-refractivity contribution in [1.29, 1.82) is 0 Å². The van der Waals surface area contributed by atoms with E-state index < -0.39 is 24.3 Å². The van der Waals surface area contributed by atoms with Gasteiger partial charge in [0, 0.05) is 22.1 Å². The van der Waals surface area contributed by atoms with Crippen molar-refractivity contribution < 1.29 is 28.6 Å². The molecule has 5 rings (SSSR count). The molecule has 0 aromatic heterocycles. The highest BCUT2D eigenvalue weighted by molar-refractivity contribution is 6.26. The summed E-state index contributed by atoms with van der Waals surface area (Å²) < 4.78 is 16.0. The van der Waals surface area contributed by atoms with E-state index in [0.717, 1.165) is 10.3 Å². The number of para-hydroxylation sites is 1. The van der Waals surface area contributed by atoms with Crippen LogP contribution in [0, 0.1) is 0 Å². The van der Waals surface area contributed by atoms with Crippen LogP contribution in [0.4, 0.5) is 0 Å². The lowest BCUT2D eigenvalue weighted by Crippen LogP contribution is -2.43. The number of benzene rings is 3. The third-order valence-corrected chi connectivity index (χ3v) is 5.01. The molecule has 0 radical (unpaired) electrons. The number of rotatable bonds is 4. The number of carbonyl (C=O) groups excluding carboxylic acids is 3. The SMILES string of the molecule is O=C(CN1C(=O)c2cccc3cccc(c23)C1=O)OCc1cccc2c1OCO2. The van der Waals surface area contributed by atoms with E-state index >= 15 is 0 Å². The number of nitrogens with zero attached hydrogens (tertiary/aromatic N) is 1. The molecule has 0 N–H and O–H groups in total. The second-order valence-electron chi connectivity index (χ2n) is 6.72. The van der Waals surface area contributed by atoms with Crippen molar-refractivity contribution in [3.8, 4) is 11.5 Å². The molecule has 2 aliphatic heterocycles. The average molecular weight is 389 g/mol. The van der Waals surface area contributed by atoms with E-state index in [1.807, 2.05) is 12.1 Å². The van der Waals surface area contributed by atoms with E-state index in [1.54, 1.807) is 42.5 Å². The van der Waals surface area contributed by atoms with Crippen LogP contribution in [0.2, 0.25) is 0 Å². The lowest BCUT2D eigenvalue weighted by Gasteiger charge is -2.26. The van der Waals surface area contributed by atoms with Gasteiger partial charge in [0.2, 0.25) is 6.79 Å². The second-order valence-corrected chi connectivity index (χ2v) is 6.72. The van der Waals surface area contributed by atoms with Crippen molar-refractivity contribution in [2.24, 2.45) is 0 Å². The molecular weight excluding hydrogens is 374 g/mol. The maximum Gasteiger partial charge on any atom is 0.326 e. The van der Waals surface area contributed by atoms with Crippen molar-refractivity contribution in [3.63, 3.8) is 0 Å². The maximum atomic E-state index is 12.8. The van der Waals surface area contributed by atoms with Gasteiger partial charge in [0.15, 0.2) is 11.5 Å². The number of hydrogen-bond acceptors (Lipinski definition) is 6. The highest BCUT2D eigenvalue weighted by Gasteiger charge is 2.34. The Bertz CT molecular complexity index is 1130. The number of amides is 2. The van der Waals surface area contributed by atoms with Crippen LogP contribution in [0.25, 0.3) is 10.8 Å². The van der Waals surface area contributed by atoms with Gasteiger partial charge in [-0.05, 0) is 23.6 Å². The van der Waals surface area contributed by atoms with E-state index in [4.69, 9.17) is 14.2 Å². The number of carbonyl (C=O) groups is 3. The monoisotopic (exact) mass is 389 g/mol. The standard InChI is InChI=1S/C22H15NO6/c24-18(27-11-14-6-3-9-17-20(14)29-12-28-17)10-23-21(25)15-7-1-4-13-5-2-8-16(19(13)15)22(23)26/h1-9H,10-12H2. The summed E-state index contributed by atoms with van der Waals surface area (Å²) in [6, 6.07) is 15.8. The Hall–Kier alpha value is -3.87. The first-order chi connectivity index (χ1) is 14.1. The minimum atomic E-state index is -0.685. The number of esters is 1. The van der Waals surface area contributed by atoms with E-state index in [-0.39, 0.29) is 13.4 Å². The number of imide groups is 1. The zero-order valence-corrected chi connectivity index (χ0v) is 15.2. The molecule has 2 amide bonds. The number of ether oxygens (including phenoxy) is 3. The Morgan fingerprint density at radius 3 is 2.34 bits per heavy atom. The Kier molecular flexibility index (Phi) is 3.94. The lowest BCUT2D eigenvalue weighted by atomic mass is 9.94. The molecule has 0 atom stereocenters. The van der Waals surface area contributed by atoms with Crippen LogP contribution in [0.3, 0.4) is 0 Å². The summed E-state index contributed by atoms with van der Waals surface area (Å²) >= 11 is 0. The molecule has 2 aliphatic rings. The van der Waals surface area contributed by atoms with Crippen molar-refractivity contribution in [2.75, 3.05) is 13.3 Å². The van der Waals surface area contributed by atoms with Crippen LogP contribution in [0.1, 0.15) is 26.3 Å². The normalized spacial score (nSPS) is 14.4. The highest BCUT2D eigenvalue weighted by atomic mass is 16.7.